The van der Waals surface area contributed by atoms with Gasteiger partial charge in [-0.15, -0.1) is 0 Å². The maximum atomic E-state index is 11.8. The van der Waals surface area contributed by atoms with Crippen molar-refractivity contribution in [1.82, 2.24) is 4.90 Å². The van der Waals surface area contributed by atoms with Crippen molar-refractivity contribution in [3.8, 4) is 0 Å². The molecule has 0 radical (unpaired) electrons. The van der Waals surface area contributed by atoms with E-state index in [1.165, 1.54) is 5.57 Å². The normalized spacial score (nSPS) is 19.0. The highest BCUT2D eigenvalue weighted by Crippen LogP contribution is 2.22. The maximum Gasteiger partial charge on any atom is 0.238 e. The zero-order chi connectivity index (χ0) is 10.1. The fraction of sp³-hybridized carbons (Fsp3) is 0.700. The molecule has 1 aliphatic rings. The Balaban J connectivity index is 2.55. The van der Waals surface area contributed by atoms with Crippen molar-refractivity contribution < 1.29 is 4.79 Å². The lowest BCUT2D eigenvalue weighted by molar-refractivity contribution is -0.133. The average Bonchev–Trinajstić information content (AvgIpc) is 2.03. The van der Waals surface area contributed by atoms with Crippen LogP contribution in [0.2, 0.25) is 0 Å². The Morgan fingerprint density at radius 2 is 1.92 bits per heavy atom. The first kappa shape index (κ1) is 10.8. The molecule has 0 aromatic carbocycles. The lowest BCUT2D eigenvalue weighted by Gasteiger charge is -2.32. The summed E-state index contributed by atoms with van der Waals surface area (Å²) < 4.78 is -0.425. The van der Waals surface area contributed by atoms with Crippen LogP contribution in [-0.4, -0.2) is 28.2 Å². The van der Waals surface area contributed by atoms with Gasteiger partial charge in [0.05, 0.1) is 4.32 Å². The molecule has 3 heteroatoms. The predicted octanol–water partition coefficient (Wildman–Crippen LogP) is 2.34. The predicted molar refractivity (Wildman–Crippen MR) is 58.0 cm³/mol. The number of nitrogens with zero attached hydrogens (tertiary/aromatic N) is 1. The minimum Gasteiger partial charge on any atom is -0.341 e. The van der Waals surface area contributed by atoms with Gasteiger partial charge in [0.1, 0.15) is 0 Å². The van der Waals surface area contributed by atoms with Crippen molar-refractivity contribution in [3.63, 3.8) is 0 Å². The van der Waals surface area contributed by atoms with Crippen LogP contribution in [-0.2, 0) is 4.79 Å². The second-order valence-electron chi connectivity index (χ2n) is 4.01. The molecule has 13 heavy (non-hydrogen) atoms. The first-order valence-corrected chi connectivity index (χ1v) is 5.35. The second-order valence-corrected chi connectivity index (χ2v) is 6.00. The molecule has 0 aromatic rings. The Kier molecular flexibility index (Phi) is 3.17. The van der Waals surface area contributed by atoms with Gasteiger partial charge in [0.15, 0.2) is 0 Å². The van der Waals surface area contributed by atoms with Crippen LogP contribution in [0.1, 0.15) is 26.7 Å². The van der Waals surface area contributed by atoms with Crippen LogP contribution >= 0.6 is 15.9 Å². The third-order valence-electron chi connectivity index (χ3n) is 2.27. The molecule has 0 aliphatic carbocycles. The number of likely N-dealkylation sites (tertiary alicyclic amines) is 1. The zero-order valence-corrected chi connectivity index (χ0v) is 9.85. The van der Waals surface area contributed by atoms with Crippen molar-refractivity contribution >= 4 is 21.8 Å². The molecule has 1 saturated heterocycles. The minimum absolute atomic E-state index is 0.181. The maximum absolute atomic E-state index is 11.8. The highest BCUT2D eigenvalue weighted by Gasteiger charge is 2.30. The number of amides is 1. The van der Waals surface area contributed by atoms with E-state index < -0.39 is 4.32 Å². The number of alkyl halides is 1. The number of halogens is 1. The van der Waals surface area contributed by atoms with Crippen molar-refractivity contribution in [2.75, 3.05) is 13.1 Å². The molecule has 0 unspecified atom stereocenters. The van der Waals surface area contributed by atoms with E-state index in [1.807, 2.05) is 18.7 Å². The van der Waals surface area contributed by atoms with Crippen LogP contribution in [0.3, 0.4) is 0 Å². The first-order valence-electron chi connectivity index (χ1n) is 4.56. The Morgan fingerprint density at radius 1 is 1.46 bits per heavy atom. The van der Waals surface area contributed by atoms with Gasteiger partial charge in [-0.2, -0.15) is 0 Å². The molecule has 1 heterocycles. The fourth-order valence-corrected chi connectivity index (χ4v) is 1.65. The lowest BCUT2D eigenvalue weighted by Crippen LogP contribution is -2.44. The standard InChI is InChI=1S/C10H16BrNO/c1-8-4-6-12(7-5-8)9(13)10(2,3)11/h1,4-7H2,2-3H3. The Bertz CT molecular complexity index is 220. The molecule has 1 aliphatic heterocycles. The van der Waals surface area contributed by atoms with Crippen LogP contribution in [0.25, 0.3) is 0 Å². The SMILES string of the molecule is C=C1CCN(C(=O)C(C)(C)Br)CC1. The molecule has 1 amide bonds. The van der Waals surface area contributed by atoms with Gasteiger partial charge in [-0.3, -0.25) is 4.79 Å². The highest BCUT2D eigenvalue weighted by atomic mass is 79.9. The Morgan fingerprint density at radius 3 is 2.31 bits per heavy atom. The lowest BCUT2D eigenvalue weighted by atomic mass is 10.0. The summed E-state index contributed by atoms with van der Waals surface area (Å²) in [5.74, 6) is 0.181. The van der Waals surface area contributed by atoms with Gasteiger partial charge in [-0.1, -0.05) is 28.1 Å². The van der Waals surface area contributed by atoms with Crippen LogP contribution in [0.15, 0.2) is 12.2 Å². The zero-order valence-electron chi connectivity index (χ0n) is 8.27. The average molecular weight is 246 g/mol. The molecule has 0 N–H and O–H groups in total. The largest absolute Gasteiger partial charge is 0.341 e. The number of hydrogen-bond acceptors (Lipinski definition) is 1. The van der Waals surface area contributed by atoms with Gasteiger partial charge < -0.3 is 4.90 Å². The van der Waals surface area contributed by atoms with E-state index in [0.29, 0.717) is 0 Å². The van der Waals surface area contributed by atoms with E-state index in [0.717, 1.165) is 25.9 Å². The van der Waals surface area contributed by atoms with Gasteiger partial charge in [0.2, 0.25) is 5.91 Å². The van der Waals surface area contributed by atoms with E-state index in [-0.39, 0.29) is 5.91 Å². The van der Waals surface area contributed by atoms with Gasteiger partial charge in [0, 0.05) is 13.1 Å². The summed E-state index contributed by atoms with van der Waals surface area (Å²) in [5, 5.41) is 0. The molecule has 1 fully saturated rings. The van der Waals surface area contributed by atoms with E-state index >= 15 is 0 Å². The van der Waals surface area contributed by atoms with E-state index in [9.17, 15) is 4.79 Å². The van der Waals surface area contributed by atoms with Crippen LogP contribution in [0.5, 0.6) is 0 Å². The molecular weight excluding hydrogens is 230 g/mol. The van der Waals surface area contributed by atoms with Gasteiger partial charge >= 0.3 is 0 Å². The van der Waals surface area contributed by atoms with Crippen molar-refractivity contribution in [1.29, 1.82) is 0 Å². The molecular formula is C10H16BrNO. The highest BCUT2D eigenvalue weighted by molar-refractivity contribution is 9.10. The smallest absolute Gasteiger partial charge is 0.238 e. The molecule has 0 atom stereocenters. The van der Waals surface area contributed by atoms with Gasteiger partial charge in [-0.05, 0) is 26.7 Å². The summed E-state index contributed by atoms with van der Waals surface area (Å²) in [7, 11) is 0. The van der Waals surface area contributed by atoms with Crippen LogP contribution in [0.4, 0.5) is 0 Å². The Hall–Kier alpha value is -0.310. The van der Waals surface area contributed by atoms with Crippen molar-refractivity contribution in [2.24, 2.45) is 0 Å². The summed E-state index contributed by atoms with van der Waals surface area (Å²) in [4.78, 5) is 13.7. The molecule has 74 valence electrons. The van der Waals surface area contributed by atoms with E-state index in [2.05, 4.69) is 22.5 Å². The van der Waals surface area contributed by atoms with Gasteiger partial charge in [-0.25, -0.2) is 0 Å². The summed E-state index contributed by atoms with van der Waals surface area (Å²) in [6.45, 7) is 9.35. The number of carbonyl (C=O) groups is 1. The summed E-state index contributed by atoms with van der Waals surface area (Å²) in [5.41, 5.74) is 1.26. The topological polar surface area (TPSA) is 20.3 Å². The van der Waals surface area contributed by atoms with Crippen molar-refractivity contribution in [3.05, 3.63) is 12.2 Å². The third-order valence-corrected chi connectivity index (χ3v) is 2.61. The fourth-order valence-electron chi connectivity index (χ4n) is 1.40. The second kappa shape index (κ2) is 3.82. The van der Waals surface area contributed by atoms with Crippen molar-refractivity contribution in [2.45, 2.75) is 31.0 Å². The van der Waals surface area contributed by atoms with Crippen LogP contribution in [0, 0.1) is 0 Å². The Labute approximate surface area is 88.1 Å². The number of rotatable bonds is 1. The van der Waals surface area contributed by atoms with E-state index in [4.69, 9.17) is 0 Å². The molecule has 0 bridgehead atoms. The summed E-state index contributed by atoms with van der Waals surface area (Å²) >= 11 is 3.38. The number of hydrogen-bond donors (Lipinski definition) is 0. The van der Waals surface area contributed by atoms with Gasteiger partial charge in [0.25, 0.3) is 0 Å². The molecule has 0 saturated carbocycles. The molecule has 0 spiro atoms. The van der Waals surface area contributed by atoms with E-state index in [1.54, 1.807) is 0 Å². The van der Waals surface area contributed by atoms with Crippen LogP contribution < -0.4 is 0 Å². The quantitative estimate of drug-likeness (QED) is 0.513. The molecule has 0 aromatic heterocycles. The third kappa shape index (κ3) is 2.83. The summed E-state index contributed by atoms with van der Waals surface area (Å²) in [6.07, 6.45) is 1.91. The molecule has 1 rings (SSSR count). The number of carbonyl (C=O) groups excluding carboxylic acids is 1. The number of piperidine rings is 1. The molecule has 2 nitrogen and oxygen atoms in total. The monoisotopic (exact) mass is 245 g/mol. The minimum atomic E-state index is -0.425. The first-order chi connectivity index (χ1) is 5.91. The summed E-state index contributed by atoms with van der Waals surface area (Å²) in [6, 6.07) is 0.